The molecule has 0 aliphatic carbocycles. The molecule has 0 bridgehead atoms. The fraction of sp³-hybridized carbons (Fsp3) is 0.0833. The third kappa shape index (κ3) is 4.02. The first-order valence-electron chi connectivity index (χ1n) is 10.7. The summed E-state index contributed by atoms with van der Waals surface area (Å²) in [6.07, 6.45) is 3.38. The maximum absolute atomic E-state index is 13.0. The van der Waals surface area contributed by atoms with E-state index in [2.05, 4.69) is 25.0 Å². The molecule has 1 N–H and O–H groups in total. The van der Waals surface area contributed by atoms with Gasteiger partial charge in [-0.05, 0) is 48.5 Å². The third-order valence-corrected chi connectivity index (χ3v) is 6.80. The van der Waals surface area contributed by atoms with Crippen LogP contribution in [0.1, 0.15) is 0 Å². The van der Waals surface area contributed by atoms with Crippen molar-refractivity contribution in [2.75, 3.05) is 17.9 Å². The molecule has 3 aromatic heterocycles. The average molecular weight is 487 g/mol. The quantitative estimate of drug-likeness (QED) is 0.401. The minimum absolute atomic E-state index is 0.0808. The number of benzene rings is 2. The molecule has 0 atom stereocenters. The molecule has 35 heavy (non-hydrogen) atoms. The molecule has 0 amide bonds. The molecule has 10 nitrogen and oxygen atoms in total. The highest BCUT2D eigenvalue weighted by Gasteiger charge is 2.20. The van der Waals surface area contributed by atoms with Crippen LogP contribution in [0, 0.1) is 0 Å². The second-order valence-electron chi connectivity index (χ2n) is 7.75. The topological polar surface area (TPSA) is 121 Å². The summed E-state index contributed by atoms with van der Waals surface area (Å²) in [5.41, 5.74) is 3.12. The van der Waals surface area contributed by atoms with Crippen LogP contribution in [0.15, 0.2) is 84.0 Å². The molecule has 11 heteroatoms. The molecular formula is C24H18N6O4S. The molecule has 1 aliphatic heterocycles. The van der Waals surface area contributed by atoms with Crippen molar-refractivity contribution in [3.05, 3.63) is 79.1 Å². The summed E-state index contributed by atoms with van der Waals surface area (Å²) in [7, 11) is -3.85. The number of aromatic nitrogens is 5. The van der Waals surface area contributed by atoms with Crippen molar-refractivity contribution < 1.29 is 17.9 Å². The first-order chi connectivity index (χ1) is 17.1. The van der Waals surface area contributed by atoms with Crippen LogP contribution in [0.2, 0.25) is 0 Å². The van der Waals surface area contributed by atoms with E-state index in [0.717, 1.165) is 11.1 Å². The summed E-state index contributed by atoms with van der Waals surface area (Å²) in [5, 5.41) is 13.1. The largest absolute Gasteiger partial charge is 0.486 e. The Morgan fingerprint density at radius 1 is 0.857 bits per heavy atom. The maximum atomic E-state index is 13.0. The molecule has 2 aromatic carbocycles. The van der Waals surface area contributed by atoms with Gasteiger partial charge in [-0.1, -0.05) is 12.1 Å². The lowest BCUT2D eigenvalue weighted by Gasteiger charge is -2.19. The van der Waals surface area contributed by atoms with E-state index in [1.165, 1.54) is 12.1 Å². The Balaban J connectivity index is 1.32. The number of fused-ring (bicyclic) bond motifs is 2. The van der Waals surface area contributed by atoms with Crippen LogP contribution in [0.4, 0.5) is 5.69 Å². The molecule has 0 spiro atoms. The van der Waals surface area contributed by atoms with Crippen LogP contribution in [0.3, 0.4) is 0 Å². The summed E-state index contributed by atoms with van der Waals surface area (Å²) >= 11 is 0. The van der Waals surface area contributed by atoms with Crippen LogP contribution in [-0.4, -0.2) is 46.4 Å². The number of anilines is 1. The van der Waals surface area contributed by atoms with E-state index in [9.17, 15) is 8.42 Å². The number of sulfonamides is 1. The van der Waals surface area contributed by atoms with Gasteiger partial charge in [0.1, 0.15) is 13.2 Å². The van der Waals surface area contributed by atoms with Gasteiger partial charge >= 0.3 is 0 Å². The second kappa shape index (κ2) is 8.37. The van der Waals surface area contributed by atoms with Crippen LogP contribution in [0.25, 0.3) is 28.3 Å². The van der Waals surface area contributed by atoms with Gasteiger partial charge in [0.15, 0.2) is 23.0 Å². The zero-order valence-electron chi connectivity index (χ0n) is 18.2. The average Bonchev–Trinajstić information content (AvgIpc) is 3.32. The van der Waals surface area contributed by atoms with Gasteiger partial charge in [-0.2, -0.15) is 9.61 Å². The van der Waals surface area contributed by atoms with Gasteiger partial charge in [-0.15, -0.1) is 10.2 Å². The number of nitrogens with one attached hydrogen (secondary N) is 1. The van der Waals surface area contributed by atoms with Crippen LogP contribution < -0.4 is 14.2 Å². The third-order valence-electron chi connectivity index (χ3n) is 5.42. The predicted octanol–water partition coefficient (Wildman–Crippen LogP) is 3.43. The van der Waals surface area contributed by atoms with Gasteiger partial charge in [0, 0.05) is 35.3 Å². The van der Waals surface area contributed by atoms with E-state index >= 15 is 0 Å². The summed E-state index contributed by atoms with van der Waals surface area (Å²) in [6.45, 7) is 0.807. The van der Waals surface area contributed by atoms with Crippen LogP contribution in [0.5, 0.6) is 11.5 Å². The van der Waals surface area contributed by atoms with Crippen molar-refractivity contribution >= 4 is 21.4 Å². The fourth-order valence-corrected chi connectivity index (χ4v) is 4.83. The minimum Gasteiger partial charge on any atom is -0.486 e. The van der Waals surface area contributed by atoms with Gasteiger partial charge in [-0.25, -0.2) is 8.42 Å². The second-order valence-corrected chi connectivity index (χ2v) is 9.43. The normalized spacial score (nSPS) is 13.0. The molecular weight excluding hydrogens is 468 g/mol. The van der Waals surface area contributed by atoms with E-state index < -0.39 is 10.0 Å². The standard InChI is InChI=1S/C24H18N6O4S/c31-35(32,19-6-8-21-22(14-19)34-12-11-33-21)29-18-5-1-3-16(13-18)20-7-9-23-26-27-24(30(23)28-20)17-4-2-10-25-15-17/h1-10,13-15,29H,11-12H2. The SMILES string of the molecule is O=S(=O)(Nc1cccc(-c2ccc3nnc(-c4cccnc4)n3n2)c1)c1ccc2c(c1)OCCO2. The number of nitrogens with zero attached hydrogens (tertiary/aromatic N) is 5. The summed E-state index contributed by atoms with van der Waals surface area (Å²) in [4.78, 5) is 4.21. The Kier molecular flexibility index (Phi) is 5.03. The van der Waals surface area contributed by atoms with Gasteiger partial charge in [0.25, 0.3) is 10.0 Å². The number of hydrogen-bond donors (Lipinski definition) is 1. The Morgan fingerprint density at radius 2 is 1.71 bits per heavy atom. The molecule has 5 aromatic rings. The molecule has 0 fully saturated rings. The van der Waals surface area contributed by atoms with Crippen molar-refractivity contribution in [2.45, 2.75) is 4.90 Å². The van der Waals surface area contributed by atoms with Crippen molar-refractivity contribution in [1.29, 1.82) is 0 Å². The number of rotatable bonds is 5. The van der Waals surface area contributed by atoms with Gasteiger partial charge in [0.2, 0.25) is 0 Å². The molecule has 174 valence electrons. The highest BCUT2D eigenvalue weighted by atomic mass is 32.2. The minimum atomic E-state index is -3.85. The van der Waals surface area contributed by atoms with Gasteiger partial charge < -0.3 is 9.47 Å². The Bertz CT molecular complexity index is 1650. The summed E-state index contributed by atoms with van der Waals surface area (Å²) in [5.74, 6) is 1.49. The molecule has 0 saturated carbocycles. The highest BCUT2D eigenvalue weighted by Crippen LogP contribution is 2.33. The van der Waals surface area contributed by atoms with E-state index in [-0.39, 0.29) is 4.90 Å². The highest BCUT2D eigenvalue weighted by molar-refractivity contribution is 7.92. The van der Waals surface area contributed by atoms with Crippen molar-refractivity contribution in [1.82, 2.24) is 24.8 Å². The van der Waals surface area contributed by atoms with Crippen LogP contribution >= 0.6 is 0 Å². The summed E-state index contributed by atoms with van der Waals surface area (Å²) in [6, 6.07) is 18.9. The van der Waals surface area contributed by atoms with Crippen molar-refractivity contribution in [3.8, 4) is 34.1 Å². The molecule has 0 saturated heterocycles. The fourth-order valence-electron chi connectivity index (χ4n) is 3.76. The summed E-state index contributed by atoms with van der Waals surface area (Å²) < 4.78 is 41.3. The van der Waals surface area contributed by atoms with Gasteiger partial charge in [0.05, 0.1) is 10.6 Å². The van der Waals surface area contributed by atoms with E-state index in [1.807, 2.05) is 24.3 Å². The molecule has 4 heterocycles. The molecule has 0 radical (unpaired) electrons. The van der Waals surface area contributed by atoms with E-state index in [1.54, 1.807) is 47.2 Å². The smallest absolute Gasteiger partial charge is 0.262 e. The predicted molar refractivity (Wildman–Crippen MR) is 128 cm³/mol. The van der Waals surface area contributed by atoms with Crippen LogP contribution in [-0.2, 0) is 10.0 Å². The van der Waals surface area contributed by atoms with E-state index in [4.69, 9.17) is 9.47 Å². The number of hydrogen-bond acceptors (Lipinski definition) is 8. The molecule has 1 aliphatic rings. The lowest BCUT2D eigenvalue weighted by Crippen LogP contribution is -2.17. The number of ether oxygens (including phenoxy) is 2. The lowest BCUT2D eigenvalue weighted by molar-refractivity contribution is 0.171. The van der Waals surface area contributed by atoms with E-state index in [0.29, 0.717) is 47.6 Å². The molecule has 6 rings (SSSR count). The molecule has 0 unspecified atom stereocenters. The number of pyridine rings is 1. The van der Waals surface area contributed by atoms with Crippen molar-refractivity contribution in [2.24, 2.45) is 0 Å². The maximum Gasteiger partial charge on any atom is 0.262 e. The zero-order valence-corrected chi connectivity index (χ0v) is 19.0. The monoisotopic (exact) mass is 486 g/mol. The lowest BCUT2D eigenvalue weighted by atomic mass is 10.1. The van der Waals surface area contributed by atoms with Crippen molar-refractivity contribution in [3.63, 3.8) is 0 Å². The Morgan fingerprint density at radius 3 is 2.57 bits per heavy atom. The Hall–Kier alpha value is -4.51. The first kappa shape index (κ1) is 21.1. The van der Waals surface area contributed by atoms with Gasteiger partial charge in [-0.3, -0.25) is 9.71 Å². The first-order valence-corrected chi connectivity index (χ1v) is 12.2. The zero-order chi connectivity index (χ0) is 23.8. The Labute approximate surface area is 200 Å².